The van der Waals surface area contributed by atoms with Crippen molar-refractivity contribution < 1.29 is 4.74 Å². The third-order valence-corrected chi connectivity index (χ3v) is 12.2. The number of hydrogen-bond donors (Lipinski definition) is 1. The number of fused-ring (bicyclic) bond motifs is 9. The number of ether oxygens (including phenoxy) is 1. The lowest BCUT2D eigenvalue weighted by Crippen LogP contribution is -2.43. The fourth-order valence-electron chi connectivity index (χ4n) is 9.44. The minimum Gasteiger partial charge on any atom is -0.457 e. The van der Waals surface area contributed by atoms with Gasteiger partial charge >= 0.3 is 0 Å². The number of para-hydroxylation sites is 1. The number of aliphatic imine (C=N–C) groups is 2. The summed E-state index contributed by atoms with van der Waals surface area (Å²) in [4.78, 5) is 10.7. The number of rotatable bonds is 5. The molecule has 4 nitrogen and oxygen atoms in total. The van der Waals surface area contributed by atoms with E-state index in [1.807, 2.05) is 12.1 Å². The summed E-state index contributed by atoms with van der Waals surface area (Å²) in [6, 6.07) is 62.7. The van der Waals surface area contributed by atoms with Gasteiger partial charge in [0.2, 0.25) is 0 Å². The monoisotopic (exact) mass is 733 g/mol. The first-order valence-electron chi connectivity index (χ1n) is 19.8. The van der Waals surface area contributed by atoms with Crippen molar-refractivity contribution in [3.63, 3.8) is 0 Å². The zero-order valence-corrected chi connectivity index (χ0v) is 31.6. The Morgan fingerprint density at radius 2 is 1.12 bits per heavy atom. The second kappa shape index (κ2) is 13.0. The highest BCUT2D eigenvalue weighted by molar-refractivity contribution is 6.12. The van der Waals surface area contributed by atoms with Crippen LogP contribution in [0.1, 0.15) is 52.3 Å². The molecule has 0 bridgehead atoms. The maximum atomic E-state index is 6.85. The van der Waals surface area contributed by atoms with Gasteiger partial charge in [0.15, 0.2) is 5.66 Å². The van der Waals surface area contributed by atoms with Gasteiger partial charge in [0.1, 0.15) is 23.2 Å². The van der Waals surface area contributed by atoms with Gasteiger partial charge in [0.05, 0.1) is 5.41 Å². The molecule has 1 spiro atoms. The molecule has 2 heterocycles. The Morgan fingerprint density at radius 1 is 0.544 bits per heavy atom. The van der Waals surface area contributed by atoms with Crippen molar-refractivity contribution in [2.45, 2.75) is 24.4 Å². The lowest BCUT2D eigenvalue weighted by Gasteiger charge is -2.39. The number of nitrogens with zero attached hydrogens (tertiary/aromatic N) is 2. The van der Waals surface area contributed by atoms with Gasteiger partial charge in [-0.05, 0) is 70.0 Å². The average Bonchev–Trinajstić information content (AvgIpc) is 3.57. The molecule has 0 aromatic heterocycles. The predicted molar refractivity (Wildman–Crippen MR) is 232 cm³/mol. The zero-order chi connectivity index (χ0) is 38.0. The van der Waals surface area contributed by atoms with Gasteiger partial charge in [0, 0.05) is 28.2 Å². The van der Waals surface area contributed by atoms with Crippen LogP contribution >= 0.6 is 0 Å². The van der Waals surface area contributed by atoms with Crippen LogP contribution in [0.2, 0.25) is 0 Å². The van der Waals surface area contributed by atoms with Crippen LogP contribution in [0.5, 0.6) is 11.5 Å². The average molecular weight is 734 g/mol. The van der Waals surface area contributed by atoms with E-state index in [9.17, 15) is 0 Å². The van der Waals surface area contributed by atoms with Crippen LogP contribution in [0, 0.1) is 5.92 Å². The van der Waals surface area contributed by atoms with E-state index in [0.717, 1.165) is 46.3 Å². The normalized spacial score (nSPS) is 19.5. The van der Waals surface area contributed by atoms with Crippen LogP contribution in [0.4, 0.5) is 0 Å². The van der Waals surface area contributed by atoms with Crippen LogP contribution in [0.25, 0.3) is 27.8 Å². The van der Waals surface area contributed by atoms with Gasteiger partial charge in [-0.25, -0.2) is 9.98 Å². The first-order valence-corrected chi connectivity index (χ1v) is 19.8. The number of benzene rings is 7. The summed E-state index contributed by atoms with van der Waals surface area (Å²) in [5.41, 5.74) is 13.0. The predicted octanol–water partition coefficient (Wildman–Crippen LogP) is 12.1. The van der Waals surface area contributed by atoms with Crippen molar-refractivity contribution in [3.05, 3.63) is 233 Å². The number of allylic oxidation sites excluding steroid dienone is 3. The van der Waals surface area contributed by atoms with Gasteiger partial charge in [0.25, 0.3) is 0 Å². The van der Waals surface area contributed by atoms with E-state index in [1.54, 1.807) is 0 Å². The molecule has 0 saturated carbocycles. The number of amidine groups is 2. The van der Waals surface area contributed by atoms with E-state index < -0.39 is 11.1 Å². The quantitative estimate of drug-likeness (QED) is 0.191. The molecule has 4 heteroatoms. The summed E-state index contributed by atoms with van der Waals surface area (Å²) in [6.07, 6.45) is 7.45. The molecule has 2 aliphatic heterocycles. The summed E-state index contributed by atoms with van der Waals surface area (Å²) in [5, 5.41) is 3.71. The molecule has 0 radical (unpaired) electrons. The topological polar surface area (TPSA) is 46.0 Å². The van der Waals surface area contributed by atoms with Crippen molar-refractivity contribution in [1.82, 2.24) is 5.32 Å². The van der Waals surface area contributed by atoms with Crippen molar-refractivity contribution in [1.29, 1.82) is 0 Å². The first-order chi connectivity index (χ1) is 28.1. The Kier molecular flexibility index (Phi) is 7.62. The highest BCUT2D eigenvalue weighted by Crippen LogP contribution is 2.62. The van der Waals surface area contributed by atoms with E-state index in [1.165, 1.54) is 50.1 Å². The highest BCUT2D eigenvalue weighted by atomic mass is 16.5. The Hall–Kier alpha value is -7.04. The van der Waals surface area contributed by atoms with Gasteiger partial charge in [-0.2, -0.15) is 0 Å². The number of nitrogens with one attached hydrogen (secondary N) is 1. The van der Waals surface area contributed by atoms with Crippen LogP contribution in [-0.4, -0.2) is 11.7 Å². The van der Waals surface area contributed by atoms with Crippen molar-refractivity contribution in [3.8, 4) is 33.8 Å². The highest BCUT2D eigenvalue weighted by Gasteiger charge is 2.51. The standard InChI is InChI=1S/C53H39N3O/c1-52(41-19-6-3-7-20-41)55-50(37-29-27-36(28-30-37)35-15-4-2-5-16-35)54-51(56-52)40-18-14-17-38(33-40)39-31-32-47-49(34-39)57-48-26-13-12-25-46(48)53(47)44-23-10-8-21-42(44)43-22-9-11-24-45(43)53/h2-32,34,40H,33H2,1H3,(H,54,55,56). The van der Waals surface area contributed by atoms with E-state index in [2.05, 4.69) is 194 Å². The first kappa shape index (κ1) is 33.3. The second-order valence-corrected chi connectivity index (χ2v) is 15.5. The summed E-state index contributed by atoms with van der Waals surface area (Å²) < 4.78 is 6.85. The minimum absolute atomic E-state index is 0.0136. The van der Waals surface area contributed by atoms with Gasteiger partial charge in [-0.3, -0.25) is 0 Å². The third-order valence-electron chi connectivity index (χ3n) is 12.2. The molecular formula is C53H39N3O. The Balaban J connectivity index is 0.954. The summed E-state index contributed by atoms with van der Waals surface area (Å²) in [7, 11) is 0. The van der Waals surface area contributed by atoms with Gasteiger partial charge in [-0.1, -0.05) is 182 Å². The zero-order valence-electron chi connectivity index (χ0n) is 31.6. The fourth-order valence-corrected chi connectivity index (χ4v) is 9.44. The van der Waals surface area contributed by atoms with E-state index in [-0.39, 0.29) is 5.92 Å². The smallest absolute Gasteiger partial charge is 0.177 e. The SMILES string of the molecule is CC1(c2ccccc2)N=C(c2ccc(-c3ccccc3)cc2)NC(C2C=CC=C(c3ccc4c(c3)Oc3ccccc3C43c4ccccc4-c4ccccc43)C2)=N1. The molecule has 272 valence electrons. The van der Waals surface area contributed by atoms with Crippen LogP contribution < -0.4 is 10.1 Å². The molecule has 0 saturated heterocycles. The molecule has 4 aliphatic rings. The molecule has 7 aromatic carbocycles. The van der Waals surface area contributed by atoms with E-state index in [4.69, 9.17) is 14.7 Å². The summed E-state index contributed by atoms with van der Waals surface area (Å²) >= 11 is 0. The van der Waals surface area contributed by atoms with E-state index >= 15 is 0 Å². The Morgan fingerprint density at radius 3 is 1.86 bits per heavy atom. The van der Waals surface area contributed by atoms with Gasteiger partial charge in [-0.15, -0.1) is 0 Å². The molecule has 7 aromatic rings. The van der Waals surface area contributed by atoms with Crippen LogP contribution in [-0.2, 0) is 11.1 Å². The van der Waals surface area contributed by atoms with Gasteiger partial charge < -0.3 is 10.1 Å². The Bertz CT molecular complexity index is 2790. The van der Waals surface area contributed by atoms with Crippen LogP contribution in [0.15, 0.2) is 204 Å². The molecular weight excluding hydrogens is 695 g/mol. The largest absolute Gasteiger partial charge is 0.457 e. The summed E-state index contributed by atoms with van der Waals surface area (Å²) in [6.45, 7) is 2.11. The molecule has 0 fully saturated rings. The molecule has 11 rings (SSSR count). The fraction of sp³-hybridized carbons (Fsp3) is 0.0943. The lowest BCUT2D eigenvalue weighted by atomic mass is 9.66. The molecule has 1 N–H and O–H groups in total. The molecule has 2 unspecified atom stereocenters. The Labute approximate surface area is 333 Å². The second-order valence-electron chi connectivity index (χ2n) is 15.5. The third kappa shape index (κ3) is 5.28. The summed E-state index contributed by atoms with van der Waals surface area (Å²) in [5.74, 6) is 3.52. The maximum Gasteiger partial charge on any atom is 0.177 e. The maximum absolute atomic E-state index is 6.85. The lowest BCUT2D eigenvalue weighted by molar-refractivity contribution is 0.436. The van der Waals surface area contributed by atoms with Crippen molar-refractivity contribution in [2.75, 3.05) is 0 Å². The van der Waals surface area contributed by atoms with E-state index in [0.29, 0.717) is 0 Å². The number of hydrogen-bond acceptors (Lipinski definition) is 4. The molecule has 57 heavy (non-hydrogen) atoms. The molecule has 2 aliphatic carbocycles. The minimum atomic E-state index is -0.792. The van der Waals surface area contributed by atoms with Crippen LogP contribution in [0.3, 0.4) is 0 Å². The molecule has 0 amide bonds. The molecule has 2 atom stereocenters. The van der Waals surface area contributed by atoms with Crippen molar-refractivity contribution in [2.24, 2.45) is 15.9 Å². The van der Waals surface area contributed by atoms with Crippen molar-refractivity contribution >= 4 is 17.2 Å².